The number of hydrogen-bond acceptors (Lipinski definition) is 5. The monoisotopic (exact) mass is 175 g/mol. The van der Waals surface area contributed by atoms with Gasteiger partial charge in [0.05, 0.1) is 11.4 Å². The van der Waals surface area contributed by atoms with Crippen molar-refractivity contribution in [3.05, 3.63) is 17.8 Å². The third kappa shape index (κ3) is 2.17. The maximum atomic E-state index is 9.93. The van der Waals surface area contributed by atoms with E-state index in [1.165, 1.54) is 24.3 Å². The molecule has 1 aromatic rings. The summed E-state index contributed by atoms with van der Waals surface area (Å²) >= 11 is 0. The fourth-order valence-electron chi connectivity index (χ4n) is 0.817. The fraction of sp³-hybridized carbons (Fsp3) is 0.125. The van der Waals surface area contributed by atoms with Crippen LogP contribution < -0.4 is 0 Å². The Bertz CT molecular complexity index is 415. The number of nitrogens with zero attached hydrogens (tertiary/aromatic N) is 3. The van der Waals surface area contributed by atoms with E-state index in [1.807, 2.05) is 0 Å². The van der Waals surface area contributed by atoms with Crippen molar-refractivity contribution in [1.29, 1.82) is 0 Å². The Morgan fingerprint density at radius 2 is 1.92 bits per heavy atom. The van der Waals surface area contributed by atoms with E-state index < -0.39 is 0 Å². The van der Waals surface area contributed by atoms with Crippen LogP contribution in [0.15, 0.2) is 22.1 Å². The molecule has 64 valence electrons. The van der Waals surface area contributed by atoms with E-state index in [0.29, 0.717) is 11.4 Å². The average Bonchev–Trinajstić information content (AvgIpc) is 2.10. The predicted octanol–water partition coefficient (Wildman–Crippen LogP) is 1.32. The molecule has 0 aliphatic heterocycles. The van der Waals surface area contributed by atoms with E-state index in [1.54, 1.807) is 6.92 Å². The van der Waals surface area contributed by atoms with Gasteiger partial charge in [-0.25, -0.2) is 14.6 Å². The van der Waals surface area contributed by atoms with Gasteiger partial charge in [-0.1, -0.05) is 0 Å². The molecule has 0 aliphatic rings. The van der Waals surface area contributed by atoms with Crippen LogP contribution in [0.1, 0.15) is 5.69 Å². The Labute approximate surface area is 73.9 Å². The highest BCUT2D eigenvalue weighted by Crippen LogP contribution is 2.18. The maximum absolute atomic E-state index is 9.93. The summed E-state index contributed by atoms with van der Waals surface area (Å²) in [6.45, 7) is 1.65. The van der Waals surface area contributed by atoms with Gasteiger partial charge in [0.1, 0.15) is 0 Å². The summed E-state index contributed by atoms with van der Waals surface area (Å²) in [7, 11) is 0. The molecule has 0 saturated carbocycles. The third-order valence-electron chi connectivity index (χ3n) is 1.37. The highest BCUT2D eigenvalue weighted by molar-refractivity contribution is 5.54. The number of aliphatic imine (C=N–C) groups is 2. The highest BCUT2D eigenvalue weighted by atomic mass is 16.1. The van der Waals surface area contributed by atoms with Crippen LogP contribution in [0.2, 0.25) is 0 Å². The van der Waals surface area contributed by atoms with E-state index in [0.717, 1.165) is 0 Å². The zero-order valence-electron chi connectivity index (χ0n) is 6.81. The summed E-state index contributed by atoms with van der Waals surface area (Å²) in [4.78, 5) is 30.4. The molecule has 0 unspecified atom stereocenters. The van der Waals surface area contributed by atoms with Crippen LogP contribution in [0.25, 0.3) is 0 Å². The van der Waals surface area contributed by atoms with Gasteiger partial charge >= 0.3 is 0 Å². The van der Waals surface area contributed by atoms with Crippen molar-refractivity contribution in [2.45, 2.75) is 6.92 Å². The minimum absolute atomic E-state index is 0.248. The van der Waals surface area contributed by atoms with Crippen LogP contribution in [0.3, 0.4) is 0 Å². The van der Waals surface area contributed by atoms with E-state index in [9.17, 15) is 9.59 Å². The van der Waals surface area contributed by atoms with E-state index >= 15 is 0 Å². The Kier molecular flexibility index (Phi) is 2.82. The first-order valence-corrected chi connectivity index (χ1v) is 3.41. The van der Waals surface area contributed by atoms with Crippen molar-refractivity contribution < 1.29 is 9.59 Å². The standard InChI is InChI=1S/C8H5N3O2/c1-6-7(9-4-12)2-3-8(11-6)10-5-13/h2-3H,1H3. The molecule has 1 heterocycles. The van der Waals surface area contributed by atoms with Crippen LogP contribution in [0.5, 0.6) is 0 Å². The second kappa shape index (κ2) is 4.07. The zero-order chi connectivity index (χ0) is 9.68. The topological polar surface area (TPSA) is 71.8 Å². The molecule has 0 spiro atoms. The molecule has 5 heteroatoms. The Balaban J connectivity index is 3.19. The van der Waals surface area contributed by atoms with Crippen molar-refractivity contribution in [3.8, 4) is 0 Å². The van der Waals surface area contributed by atoms with Crippen LogP contribution in [0, 0.1) is 6.92 Å². The van der Waals surface area contributed by atoms with Crippen LogP contribution in [-0.2, 0) is 9.59 Å². The molecule has 0 N–H and O–H groups in total. The van der Waals surface area contributed by atoms with Gasteiger partial charge in [-0.15, -0.1) is 4.99 Å². The molecule has 0 fully saturated rings. The lowest BCUT2D eigenvalue weighted by molar-refractivity contribution is 0.564. The van der Waals surface area contributed by atoms with E-state index in [-0.39, 0.29) is 5.82 Å². The Hall–Kier alpha value is -2.09. The van der Waals surface area contributed by atoms with Gasteiger partial charge in [0, 0.05) is 0 Å². The van der Waals surface area contributed by atoms with Crippen LogP contribution in [-0.4, -0.2) is 17.1 Å². The quantitative estimate of drug-likeness (QED) is 0.502. The molecule has 0 radical (unpaired) electrons. The largest absolute Gasteiger partial charge is 0.242 e. The van der Waals surface area contributed by atoms with Gasteiger partial charge in [-0.3, -0.25) is 0 Å². The lowest BCUT2D eigenvalue weighted by Crippen LogP contribution is -1.81. The van der Waals surface area contributed by atoms with Crippen LogP contribution >= 0.6 is 0 Å². The number of pyridine rings is 1. The first-order valence-electron chi connectivity index (χ1n) is 3.41. The summed E-state index contributed by atoms with van der Waals surface area (Å²) in [6.07, 6.45) is 2.77. The molecular formula is C8H5N3O2. The Morgan fingerprint density at radius 1 is 1.23 bits per heavy atom. The third-order valence-corrected chi connectivity index (χ3v) is 1.37. The van der Waals surface area contributed by atoms with Gasteiger partial charge in [0.15, 0.2) is 5.82 Å². The summed E-state index contributed by atoms with van der Waals surface area (Å²) in [5.41, 5.74) is 0.930. The molecule has 13 heavy (non-hydrogen) atoms. The predicted molar refractivity (Wildman–Crippen MR) is 44.5 cm³/mol. The summed E-state index contributed by atoms with van der Waals surface area (Å²) in [5.74, 6) is 0.248. The number of aryl methyl sites for hydroxylation is 1. The van der Waals surface area contributed by atoms with E-state index in [4.69, 9.17) is 0 Å². The van der Waals surface area contributed by atoms with Gasteiger partial charge in [-0.2, -0.15) is 4.99 Å². The first kappa shape index (κ1) is 9.00. The second-order valence-electron chi connectivity index (χ2n) is 2.18. The lowest BCUT2D eigenvalue weighted by atomic mass is 10.3. The number of carbonyl (C=O) groups excluding carboxylic acids is 2. The summed E-state index contributed by atoms with van der Waals surface area (Å²) < 4.78 is 0. The molecule has 0 aliphatic carbocycles. The zero-order valence-corrected chi connectivity index (χ0v) is 6.81. The van der Waals surface area contributed by atoms with Crippen molar-refractivity contribution in [2.24, 2.45) is 9.98 Å². The molecule has 1 aromatic heterocycles. The number of aromatic nitrogens is 1. The van der Waals surface area contributed by atoms with Gasteiger partial charge in [-0.05, 0) is 19.1 Å². The molecule has 1 rings (SSSR count). The van der Waals surface area contributed by atoms with Crippen molar-refractivity contribution in [3.63, 3.8) is 0 Å². The van der Waals surface area contributed by atoms with E-state index in [2.05, 4.69) is 15.0 Å². The number of rotatable bonds is 2. The lowest BCUT2D eigenvalue weighted by Gasteiger charge is -1.96. The normalized spacial score (nSPS) is 8.38. The SMILES string of the molecule is Cc1nc(N=C=O)ccc1N=C=O. The minimum atomic E-state index is 0.248. The van der Waals surface area contributed by atoms with Gasteiger partial charge in [0.2, 0.25) is 12.2 Å². The molecule has 0 atom stereocenters. The van der Waals surface area contributed by atoms with Crippen molar-refractivity contribution in [1.82, 2.24) is 4.98 Å². The molecule has 0 saturated heterocycles. The van der Waals surface area contributed by atoms with Crippen LogP contribution in [0.4, 0.5) is 11.5 Å². The molecule has 0 aromatic carbocycles. The average molecular weight is 175 g/mol. The first-order chi connectivity index (χ1) is 6.27. The second-order valence-corrected chi connectivity index (χ2v) is 2.18. The summed E-state index contributed by atoms with van der Waals surface area (Å²) in [5, 5.41) is 0. The Morgan fingerprint density at radius 3 is 2.46 bits per heavy atom. The minimum Gasteiger partial charge on any atom is -0.231 e. The maximum Gasteiger partial charge on any atom is 0.242 e. The smallest absolute Gasteiger partial charge is 0.231 e. The van der Waals surface area contributed by atoms with Gasteiger partial charge < -0.3 is 0 Å². The fourth-order valence-corrected chi connectivity index (χ4v) is 0.817. The number of isocyanates is 2. The molecule has 0 amide bonds. The number of hydrogen-bond donors (Lipinski definition) is 0. The van der Waals surface area contributed by atoms with Crippen molar-refractivity contribution >= 4 is 23.7 Å². The van der Waals surface area contributed by atoms with Crippen molar-refractivity contribution in [2.75, 3.05) is 0 Å². The van der Waals surface area contributed by atoms with Gasteiger partial charge in [0.25, 0.3) is 0 Å². The molecule has 0 bridgehead atoms. The highest BCUT2D eigenvalue weighted by Gasteiger charge is 1.98. The molecule has 5 nitrogen and oxygen atoms in total. The summed E-state index contributed by atoms with van der Waals surface area (Å²) in [6, 6.07) is 3.00. The molecular weight excluding hydrogens is 170 g/mol.